The van der Waals surface area contributed by atoms with Crippen molar-refractivity contribution in [2.24, 2.45) is 0 Å². The Hall–Kier alpha value is -0.700. The third-order valence-corrected chi connectivity index (χ3v) is 1.53. The van der Waals surface area contributed by atoms with Crippen LogP contribution in [0.5, 0.6) is 0 Å². The van der Waals surface area contributed by atoms with Crippen LogP contribution < -0.4 is 5.32 Å². The van der Waals surface area contributed by atoms with Crippen LogP contribution in [0.3, 0.4) is 0 Å². The normalized spacial score (nSPS) is 11.1. The predicted octanol–water partition coefficient (Wildman–Crippen LogP) is 2.29. The number of methoxy groups -OCH3 is 1. The zero-order chi connectivity index (χ0) is 11.0. The Morgan fingerprint density at radius 2 is 1.93 bits per heavy atom. The summed E-state index contributed by atoms with van der Waals surface area (Å²) in [6.45, 7) is 11.5. The summed E-state index contributed by atoms with van der Waals surface area (Å²) in [6, 6.07) is 0. The fourth-order valence-corrected chi connectivity index (χ4v) is 1.00. The Labute approximate surface area is 87.5 Å². The molecular formula is C11H23NO2. The highest BCUT2D eigenvalue weighted by molar-refractivity contribution is 4.82. The number of hydrogen-bond donors (Lipinski definition) is 1. The van der Waals surface area contributed by atoms with Crippen molar-refractivity contribution in [1.29, 1.82) is 0 Å². The highest BCUT2D eigenvalue weighted by Crippen LogP contribution is 2.10. The molecule has 0 saturated carbocycles. The van der Waals surface area contributed by atoms with Gasteiger partial charge in [-0.2, -0.15) is 0 Å². The summed E-state index contributed by atoms with van der Waals surface area (Å²) in [5.74, 6) is 0.648. The van der Waals surface area contributed by atoms with E-state index in [1.807, 2.05) is 20.8 Å². The molecular weight excluding hydrogens is 178 g/mol. The van der Waals surface area contributed by atoms with Crippen molar-refractivity contribution in [2.75, 3.05) is 20.3 Å². The van der Waals surface area contributed by atoms with Gasteiger partial charge in [-0.05, 0) is 40.2 Å². The van der Waals surface area contributed by atoms with E-state index < -0.39 is 0 Å². The van der Waals surface area contributed by atoms with Crippen LogP contribution in [0, 0.1) is 0 Å². The molecule has 0 aromatic heterocycles. The maximum atomic E-state index is 5.51. The van der Waals surface area contributed by atoms with Crippen molar-refractivity contribution in [3.8, 4) is 0 Å². The number of nitrogens with one attached hydrogen (secondary N) is 1. The van der Waals surface area contributed by atoms with Crippen molar-refractivity contribution in [2.45, 2.75) is 39.2 Å². The summed E-state index contributed by atoms with van der Waals surface area (Å²) in [7, 11) is 1.72. The Kier molecular flexibility index (Phi) is 6.37. The molecule has 0 fully saturated rings. The van der Waals surface area contributed by atoms with E-state index in [0.29, 0.717) is 5.88 Å². The zero-order valence-corrected chi connectivity index (χ0v) is 9.85. The van der Waals surface area contributed by atoms with Gasteiger partial charge in [0.05, 0.1) is 0 Å². The Morgan fingerprint density at radius 1 is 1.29 bits per heavy atom. The molecule has 3 nitrogen and oxygen atoms in total. The maximum absolute atomic E-state index is 5.51. The molecule has 84 valence electrons. The molecule has 0 spiro atoms. The fourth-order valence-electron chi connectivity index (χ4n) is 1.00. The van der Waals surface area contributed by atoms with Crippen LogP contribution in [0.15, 0.2) is 12.5 Å². The summed E-state index contributed by atoms with van der Waals surface area (Å²) in [4.78, 5) is 0. The summed E-state index contributed by atoms with van der Waals surface area (Å²) in [5.41, 5.74) is -0.170. The second-order valence-electron chi connectivity index (χ2n) is 4.26. The Balaban J connectivity index is 3.36. The molecule has 3 heteroatoms. The number of ether oxygens (including phenoxy) is 2. The van der Waals surface area contributed by atoms with Crippen LogP contribution in [0.4, 0.5) is 0 Å². The minimum atomic E-state index is -0.170. The molecule has 0 atom stereocenters. The maximum Gasteiger partial charge on any atom is 0.179 e. The van der Waals surface area contributed by atoms with Gasteiger partial charge in [-0.25, -0.2) is 0 Å². The third kappa shape index (κ3) is 9.39. The van der Waals surface area contributed by atoms with Gasteiger partial charge in [0.15, 0.2) is 5.88 Å². The summed E-state index contributed by atoms with van der Waals surface area (Å²) >= 11 is 0. The van der Waals surface area contributed by atoms with E-state index in [2.05, 4.69) is 11.9 Å². The molecule has 0 amide bonds. The van der Waals surface area contributed by atoms with Gasteiger partial charge in [0, 0.05) is 20.3 Å². The summed E-state index contributed by atoms with van der Waals surface area (Å²) in [5, 5.41) is 3.13. The molecule has 1 N–H and O–H groups in total. The number of unbranched alkanes of at least 4 members (excludes halogenated alkanes) is 1. The van der Waals surface area contributed by atoms with Gasteiger partial charge in [-0.1, -0.05) is 0 Å². The molecule has 0 aromatic carbocycles. The van der Waals surface area contributed by atoms with E-state index in [-0.39, 0.29) is 5.60 Å². The van der Waals surface area contributed by atoms with Crippen LogP contribution in [-0.4, -0.2) is 25.9 Å². The van der Waals surface area contributed by atoms with E-state index in [9.17, 15) is 0 Å². The largest absolute Gasteiger partial charge is 0.474 e. The lowest BCUT2D eigenvalue weighted by atomic mass is 10.2. The van der Waals surface area contributed by atoms with Crippen LogP contribution in [0.2, 0.25) is 0 Å². The topological polar surface area (TPSA) is 30.5 Å². The second-order valence-corrected chi connectivity index (χ2v) is 4.26. The minimum Gasteiger partial charge on any atom is -0.474 e. The predicted molar refractivity (Wildman–Crippen MR) is 59.1 cm³/mol. The Bertz CT molecular complexity index is 161. The lowest BCUT2D eigenvalue weighted by Gasteiger charge is -2.23. The smallest absolute Gasteiger partial charge is 0.179 e. The lowest BCUT2D eigenvalue weighted by Crippen LogP contribution is -2.25. The number of rotatable bonds is 7. The zero-order valence-electron chi connectivity index (χ0n) is 9.85. The molecule has 0 bridgehead atoms. The first-order valence-corrected chi connectivity index (χ1v) is 5.06. The molecule has 0 rings (SSSR count). The third-order valence-electron chi connectivity index (χ3n) is 1.53. The van der Waals surface area contributed by atoms with E-state index in [4.69, 9.17) is 9.47 Å². The average molecular weight is 201 g/mol. The fraction of sp³-hybridized carbons (Fsp3) is 0.818. The second kappa shape index (κ2) is 6.71. The van der Waals surface area contributed by atoms with Crippen molar-refractivity contribution in [3.63, 3.8) is 0 Å². The molecule has 0 aromatic rings. The van der Waals surface area contributed by atoms with Gasteiger partial charge in [0.2, 0.25) is 0 Å². The quantitative estimate of drug-likeness (QED) is 0.506. The van der Waals surface area contributed by atoms with Gasteiger partial charge in [0.1, 0.15) is 5.60 Å². The van der Waals surface area contributed by atoms with E-state index in [1.165, 1.54) is 0 Å². The van der Waals surface area contributed by atoms with Crippen molar-refractivity contribution in [1.82, 2.24) is 5.32 Å². The molecule has 0 heterocycles. The first-order valence-electron chi connectivity index (χ1n) is 5.06. The monoisotopic (exact) mass is 201 g/mol. The van der Waals surface area contributed by atoms with Crippen LogP contribution in [0.1, 0.15) is 33.6 Å². The SMILES string of the molecule is C=C(NCCCCOC)OC(C)(C)C. The van der Waals surface area contributed by atoms with Crippen molar-refractivity contribution >= 4 is 0 Å². The number of hydrogen-bond acceptors (Lipinski definition) is 3. The molecule has 14 heavy (non-hydrogen) atoms. The molecule has 0 radical (unpaired) electrons. The highest BCUT2D eigenvalue weighted by Gasteiger charge is 2.11. The molecule has 0 saturated heterocycles. The molecule has 0 aliphatic carbocycles. The highest BCUT2D eigenvalue weighted by atomic mass is 16.5. The van der Waals surface area contributed by atoms with E-state index in [0.717, 1.165) is 26.0 Å². The lowest BCUT2D eigenvalue weighted by molar-refractivity contribution is 0.0414. The summed E-state index contributed by atoms with van der Waals surface area (Å²) in [6.07, 6.45) is 2.13. The standard InChI is InChI=1S/C11H23NO2/c1-10(14-11(2,3)4)12-8-6-7-9-13-5/h12H,1,6-9H2,2-5H3. The van der Waals surface area contributed by atoms with Gasteiger partial charge in [-0.15, -0.1) is 0 Å². The average Bonchev–Trinajstić information content (AvgIpc) is 2.00. The first-order chi connectivity index (χ1) is 6.45. The van der Waals surface area contributed by atoms with Gasteiger partial charge >= 0.3 is 0 Å². The van der Waals surface area contributed by atoms with Crippen molar-refractivity contribution < 1.29 is 9.47 Å². The first kappa shape index (κ1) is 13.3. The van der Waals surface area contributed by atoms with Gasteiger partial charge in [0.25, 0.3) is 0 Å². The summed E-state index contributed by atoms with van der Waals surface area (Å²) < 4.78 is 10.5. The van der Waals surface area contributed by atoms with E-state index in [1.54, 1.807) is 7.11 Å². The Morgan fingerprint density at radius 3 is 2.43 bits per heavy atom. The molecule has 0 aliphatic rings. The molecule has 0 aliphatic heterocycles. The van der Waals surface area contributed by atoms with Crippen LogP contribution in [-0.2, 0) is 9.47 Å². The van der Waals surface area contributed by atoms with Gasteiger partial charge < -0.3 is 14.8 Å². The van der Waals surface area contributed by atoms with E-state index >= 15 is 0 Å². The van der Waals surface area contributed by atoms with Crippen LogP contribution in [0.25, 0.3) is 0 Å². The minimum absolute atomic E-state index is 0.170. The van der Waals surface area contributed by atoms with Gasteiger partial charge in [-0.3, -0.25) is 0 Å². The van der Waals surface area contributed by atoms with Crippen molar-refractivity contribution in [3.05, 3.63) is 12.5 Å². The molecule has 0 unspecified atom stereocenters. The van der Waals surface area contributed by atoms with Crippen LogP contribution >= 0.6 is 0 Å².